The summed E-state index contributed by atoms with van der Waals surface area (Å²) in [4.78, 5) is 11.0. The number of primary amides is 1. The third-order valence-electron chi connectivity index (χ3n) is 3.14. The van der Waals surface area contributed by atoms with Crippen LogP contribution in [0.3, 0.4) is 0 Å². The Morgan fingerprint density at radius 2 is 1.47 bits per heavy atom. The van der Waals surface area contributed by atoms with Gasteiger partial charge in [-0.25, -0.2) is 0 Å². The first-order valence-electron chi connectivity index (χ1n) is 8.74. The summed E-state index contributed by atoms with van der Waals surface area (Å²) in [5, 5.41) is 23.2. The van der Waals surface area contributed by atoms with E-state index in [1.807, 2.05) is 0 Å². The minimum atomic E-state index is -3.67. The largest absolute Gasteiger partial charge is 0.411 e. The number of ether oxygens (including phenoxy) is 1. The number of oxime groups is 2. The average Bonchev–Trinajstić information content (AvgIpc) is 2.68. The first-order valence-corrected chi connectivity index (χ1v) is 12.4. The molecule has 0 unspecified atom stereocenters. The average molecular weight is 524 g/mol. The number of carbonyl (C=O) groups is 1. The maximum atomic E-state index is 11.0. The molecule has 15 nitrogen and oxygen atoms in total. The number of nitrogens with two attached hydrogens (primary N) is 1. The predicted molar refractivity (Wildman–Crippen MR) is 117 cm³/mol. The van der Waals surface area contributed by atoms with Crippen molar-refractivity contribution < 1.29 is 55.0 Å². The van der Waals surface area contributed by atoms with Crippen molar-refractivity contribution in [3.8, 4) is 0 Å². The van der Waals surface area contributed by atoms with Gasteiger partial charge in [0.1, 0.15) is 6.21 Å². The van der Waals surface area contributed by atoms with Crippen LogP contribution in [0, 0.1) is 0 Å². The summed E-state index contributed by atoms with van der Waals surface area (Å²) < 4.78 is 60.7. The molecule has 2 heterocycles. The number of aromatic nitrogens is 2. The lowest BCUT2D eigenvalue weighted by Gasteiger charge is -2.02. The maximum absolute atomic E-state index is 11.0. The van der Waals surface area contributed by atoms with Crippen molar-refractivity contribution >= 4 is 38.6 Å². The lowest BCUT2D eigenvalue weighted by molar-refractivity contribution is -0.788. The van der Waals surface area contributed by atoms with Gasteiger partial charge < -0.3 is 16.1 Å². The van der Waals surface area contributed by atoms with Crippen LogP contribution in [-0.2, 0) is 38.4 Å². The van der Waals surface area contributed by atoms with E-state index >= 15 is 0 Å². The quantitative estimate of drug-likeness (QED) is 0.0937. The van der Waals surface area contributed by atoms with Gasteiger partial charge in [-0.15, -0.1) is 0 Å². The molecule has 0 saturated heterocycles. The fourth-order valence-corrected chi connectivity index (χ4v) is 1.95. The molecule has 17 heteroatoms. The number of nitrogens with zero attached hydrogens (tertiary/aromatic N) is 4. The molecule has 0 radical (unpaired) electrons. The van der Waals surface area contributed by atoms with Crippen LogP contribution in [0.4, 0.5) is 0 Å². The molecule has 6 N–H and O–H groups in total. The van der Waals surface area contributed by atoms with E-state index in [0.717, 1.165) is 0 Å². The number of hydrogen-bond acceptors (Lipinski definition) is 10. The van der Waals surface area contributed by atoms with Crippen molar-refractivity contribution in [3.05, 3.63) is 59.7 Å². The minimum absolute atomic E-state index is 0.197. The second-order valence-electron chi connectivity index (χ2n) is 6.24. The summed E-state index contributed by atoms with van der Waals surface area (Å²) in [5.74, 6) is -0.488. The van der Waals surface area contributed by atoms with Crippen LogP contribution in [0.1, 0.15) is 21.6 Å². The van der Waals surface area contributed by atoms with Crippen LogP contribution in [0.25, 0.3) is 0 Å². The number of carbonyl (C=O) groups excluding carboxylic acids is 1. The van der Waals surface area contributed by atoms with Crippen LogP contribution < -0.4 is 14.9 Å². The van der Waals surface area contributed by atoms with Crippen molar-refractivity contribution in [1.82, 2.24) is 0 Å². The summed E-state index contributed by atoms with van der Waals surface area (Å²) >= 11 is 0. The Balaban J connectivity index is 0.000000916. The molecule has 0 aromatic carbocycles. The second-order valence-corrected chi connectivity index (χ2v) is 9.17. The van der Waals surface area contributed by atoms with Crippen molar-refractivity contribution in [1.29, 1.82) is 0 Å². The molecule has 0 spiro atoms. The third kappa shape index (κ3) is 17.1. The summed E-state index contributed by atoms with van der Waals surface area (Å²) in [5.41, 5.74) is 6.80. The Kier molecular flexibility index (Phi) is 13.1. The number of amides is 1. The van der Waals surface area contributed by atoms with Gasteiger partial charge in [0, 0.05) is 29.8 Å². The molecule has 0 fully saturated rings. The van der Waals surface area contributed by atoms with Crippen molar-refractivity contribution in [2.24, 2.45) is 16.0 Å². The van der Waals surface area contributed by atoms with Gasteiger partial charge in [-0.3, -0.25) is 18.6 Å². The summed E-state index contributed by atoms with van der Waals surface area (Å²) in [6.07, 6.45) is 9.00. The molecular weight excluding hydrogens is 498 g/mol. The van der Waals surface area contributed by atoms with Gasteiger partial charge in [0.05, 0.1) is 24.3 Å². The highest BCUT2D eigenvalue weighted by Crippen LogP contribution is 1.97. The molecule has 0 atom stereocenters. The second kappa shape index (κ2) is 14.6. The van der Waals surface area contributed by atoms with Crippen LogP contribution >= 0.6 is 0 Å². The first-order chi connectivity index (χ1) is 15.6. The van der Waals surface area contributed by atoms with Gasteiger partial charge >= 0.3 is 0 Å². The number of pyridine rings is 2. The molecule has 0 aliphatic carbocycles. The van der Waals surface area contributed by atoms with Gasteiger partial charge in [0.25, 0.3) is 33.7 Å². The van der Waals surface area contributed by atoms with Crippen LogP contribution in [-0.4, -0.2) is 67.2 Å². The predicted octanol–water partition coefficient (Wildman–Crippen LogP) is -1.38. The zero-order valence-electron chi connectivity index (χ0n) is 18.0. The molecule has 2 aromatic rings. The maximum Gasteiger partial charge on any atom is 0.261 e. The lowest BCUT2D eigenvalue weighted by Crippen LogP contribution is -2.43. The highest BCUT2D eigenvalue weighted by Gasteiger charge is 2.11. The number of rotatable bonds is 7. The van der Waals surface area contributed by atoms with Crippen LogP contribution in [0.2, 0.25) is 0 Å². The van der Waals surface area contributed by atoms with Gasteiger partial charge in [-0.05, 0) is 0 Å². The standard InChI is InChI=1S/C15H15N5O4.2CH4O3S/c16-15(21)13-2-4-19(5-3-13)10-24-11-20-6-1-12(8-17-22)7-14(20)9-18-23;2*1-5(2,3)4/h1-9H,10-11H2,(H2-,16,21,22,23);2*1H3,(H,2,3,4)/p+2. The van der Waals surface area contributed by atoms with Crippen molar-refractivity contribution in [3.63, 3.8) is 0 Å². The van der Waals surface area contributed by atoms with E-state index in [-0.39, 0.29) is 13.5 Å². The lowest BCUT2D eigenvalue weighted by atomic mass is 10.2. The zero-order valence-corrected chi connectivity index (χ0v) is 19.7. The molecule has 2 aromatic heterocycles. The zero-order chi connectivity index (χ0) is 26.4. The summed E-state index contributed by atoms with van der Waals surface area (Å²) in [6.45, 7) is 0.448. The van der Waals surface area contributed by atoms with E-state index in [2.05, 4.69) is 10.3 Å². The van der Waals surface area contributed by atoms with E-state index in [9.17, 15) is 21.6 Å². The Hall–Kier alpha value is -3.51. The molecular formula is C17H25N5O10S2+2. The van der Waals surface area contributed by atoms with E-state index in [1.54, 1.807) is 52.0 Å². The molecule has 0 saturated carbocycles. The monoisotopic (exact) mass is 523 g/mol. The molecule has 0 aliphatic rings. The Bertz CT molecular complexity index is 1150. The van der Waals surface area contributed by atoms with Crippen molar-refractivity contribution in [2.45, 2.75) is 13.5 Å². The van der Waals surface area contributed by atoms with Crippen LogP contribution in [0.15, 0.2) is 53.2 Å². The highest BCUT2D eigenvalue weighted by atomic mass is 32.2. The van der Waals surface area contributed by atoms with E-state index in [4.69, 9.17) is 30.0 Å². The molecule has 0 aliphatic heterocycles. The van der Waals surface area contributed by atoms with Gasteiger partial charge in [0.15, 0.2) is 18.6 Å². The fraction of sp³-hybridized carbons (Fsp3) is 0.235. The number of hydrogen-bond donors (Lipinski definition) is 5. The summed E-state index contributed by atoms with van der Waals surface area (Å²) in [7, 11) is -7.33. The first kappa shape index (κ1) is 30.5. The Morgan fingerprint density at radius 1 is 0.971 bits per heavy atom. The summed E-state index contributed by atoms with van der Waals surface area (Å²) in [6, 6.07) is 6.58. The van der Waals surface area contributed by atoms with Crippen molar-refractivity contribution in [2.75, 3.05) is 12.5 Å². The van der Waals surface area contributed by atoms with Gasteiger partial charge in [-0.2, -0.15) is 26.0 Å². The highest BCUT2D eigenvalue weighted by molar-refractivity contribution is 7.85. The normalized spacial score (nSPS) is 11.4. The molecule has 188 valence electrons. The molecule has 0 bridgehead atoms. The van der Waals surface area contributed by atoms with Crippen LogP contribution in [0.5, 0.6) is 0 Å². The Labute approximate surface area is 195 Å². The van der Waals surface area contributed by atoms with E-state index in [0.29, 0.717) is 29.3 Å². The SMILES string of the molecule is CS(=O)(=O)O.CS(=O)(=O)O.NC(=O)c1cc[n+](COC[n+]2ccc(/C=N/O)cc2/C=N/O)cc1. The van der Waals surface area contributed by atoms with E-state index < -0.39 is 26.1 Å². The molecule has 34 heavy (non-hydrogen) atoms. The topological polar surface area (TPSA) is 234 Å². The Morgan fingerprint density at radius 3 is 1.91 bits per heavy atom. The molecule has 1 amide bonds. The molecule has 2 rings (SSSR count). The fourth-order valence-electron chi connectivity index (χ4n) is 1.95. The van der Waals surface area contributed by atoms with Gasteiger partial charge in [-0.1, -0.05) is 10.3 Å². The van der Waals surface area contributed by atoms with E-state index in [1.165, 1.54) is 12.4 Å². The van der Waals surface area contributed by atoms with Gasteiger partial charge in [0.2, 0.25) is 11.6 Å². The smallest absolute Gasteiger partial charge is 0.261 e. The third-order valence-corrected chi connectivity index (χ3v) is 3.14. The minimum Gasteiger partial charge on any atom is -0.411 e.